The summed E-state index contributed by atoms with van der Waals surface area (Å²) in [7, 11) is 0. The zero-order valence-corrected chi connectivity index (χ0v) is 14.1. The van der Waals surface area contributed by atoms with Gasteiger partial charge >= 0.3 is 12.3 Å². The van der Waals surface area contributed by atoms with E-state index in [4.69, 9.17) is 4.74 Å². The topological polar surface area (TPSA) is 46.6 Å². The molecule has 0 atom stereocenters. The molecule has 24 heavy (non-hydrogen) atoms. The minimum absolute atomic E-state index is 0.0373. The van der Waals surface area contributed by atoms with Crippen LogP contribution in [0.4, 0.5) is 23.7 Å². The van der Waals surface area contributed by atoms with Gasteiger partial charge in [0, 0.05) is 18.5 Å². The van der Waals surface area contributed by atoms with Crippen molar-refractivity contribution in [2.75, 3.05) is 11.4 Å². The van der Waals surface area contributed by atoms with E-state index in [9.17, 15) is 22.8 Å². The molecule has 1 aromatic carbocycles. The van der Waals surface area contributed by atoms with Crippen molar-refractivity contribution in [1.29, 1.82) is 0 Å². The van der Waals surface area contributed by atoms with Crippen LogP contribution >= 0.6 is 0 Å². The molecule has 0 unspecified atom stereocenters. The molecule has 2 rings (SSSR count). The number of alkyl halides is 3. The van der Waals surface area contributed by atoms with Crippen molar-refractivity contribution in [3.05, 3.63) is 28.8 Å². The number of halogens is 3. The number of hydrogen-bond acceptors (Lipinski definition) is 3. The van der Waals surface area contributed by atoms with Crippen molar-refractivity contribution in [3.63, 3.8) is 0 Å². The molecule has 1 aliphatic heterocycles. The first kappa shape index (κ1) is 18.3. The van der Waals surface area contributed by atoms with Crippen LogP contribution in [-0.2, 0) is 10.9 Å². The Morgan fingerprint density at radius 3 is 2.38 bits per heavy atom. The van der Waals surface area contributed by atoms with Crippen LogP contribution in [0, 0.1) is 6.92 Å². The van der Waals surface area contributed by atoms with Crippen LogP contribution < -0.4 is 4.90 Å². The quantitative estimate of drug-likeness (QED) is 0.684. The summed E-state index contributed by atoms with van der Waals surface area (Å²) in [5.74, 6) is -0.270. The summed E-state index contributed by atoms with van der Waals surface area (Å²) in [6, 6.07) is 2.08. The average molecular weight is 343 g/mol. The van der Waals surface area contributed by atoms with Crippen LogP contribution in [0.1, 0.15) is 55.1 Å². The van der Waals surface area contributed by atoms with Crippen molar-refractivity contribution in [1.82, 2.24) is 0 Å². The van der Waals surface area contributed by atoms with Gasteiger partial charge in [-0.2, -0.15) is 13.2 Å². The van der Waals surface area contributed by atoms with Crippen LogP contribution in [0.25, 0.3) is 0 Å². The molecular formula is C17H20F3NO3. The Hall–Kier alpha value is -2.05. The number of amides is 1. The SMILES string of the molecule is Cc1cc2c(cc1C(F)(F)F)N(C(=O)OC(C)(C)C)CCCC2=O. The Kier molecular flexibility index (Phi) is 4.65. The Balaban J connectivity index is 2.57. The number of aryl methyl sites for hydroxylation is 1. The van der Waals surface area contributed by atoms with E-state index < -0.39 is 23.4 Å². The van der Waals surface area contributed by atoms with Crippen molar-refractivity contribution in [2.24, 2.45) is 0 Å². The largest absolute Gasteiger partial charge is 0.443 e. The maximum atomic E-state index is 13.2. The average Bonchev–Trinajstić information content (AvgIpc) is 2.54. The molecule has 0 spiro atoms. The molecule has 1 aromatic rings. The summed E-state index contributed by atoms with van der Waals surface area (Å²) in [5.41, 5.74) is -1.59. The van der Waals surface area contributed by atoms with E-state index in [1.165, 1.54) is 13.0 Å². The lowest BCUT2D eigenvalue weighted by atomic mass is 9.99. The lowest BCUT2D eigenvalue weighted by Crippen LogP contribution is -2.37. The van der Waals surface area contributed by atoms with Crippen molar-refractivity contribution in [2.45, 2.75) is 52.3 Å². The first-order chi connectivity index (χ1) is 10.9. The molecule has 0 aromatic heterocycles. The third kappa shape index (κ3) is 3.88. The molecule has 1 heterocycles. The van der Waals surface area contributed by atoms with E-state index in [1.807, 2.05) is 0 Å². The Labute approximate surface area is 138 Å². The maximum Gasteiger partial charge on any atom is 0.416 e. The first-order valence-electron chi connectivity index (χ1n) is 7.66. The molecule has 1 amide bonds. The molecule has 0 saturated heterocycles. The molecule has 0 radical (unpaired) electrons. The predicted molar refractivity (Wildman–Crippen MR) is 83.3 cm³/mol. The Bertz CT molecular complexity index is 675. The zero-order valence-electron chi connectivity index (χ0n) is 14.1. The molecule has 0 aliphatic carbocycles. The highest BCUT2D eigenvalue weighted by atomic mass is 19.4. The van der Waals surface area contributed by atoms with Gasteiger partial charge in [0.1, 0.15) is 5.60 Å². The van der Waals surface area contributed by atoms with Gasteiger partial charge in [-0.25, -0.2) is 4.79 Å². The standard InChI is InChI=1S/C17H20F3NO3/c1-10-8-11-13(9-12(10)17(18,19)20)21(7-5-6-14(11)22)15(23)24-16(2,3)4/h8-9H,5-7H2,1-4H3. The van der Waals surface area contributed by atoms with E-state index >= 15 is 0 Å². The summed E-state index contributed by atoms with van der Waals surface area (Å²) in [6.07, 6.45) is -4.77. The van der Waals surface area contributed by atoms with Gasteiger partial charge in [0.25, 0.3) is 0 Å². The number of carbonyl (C=O) groups excluding carboxylic acids is 2. The van der Waals surface area contributed by atoms with Gasteiger partial charge in [0.2, 0.25) is 0 Å². The van der Waals surface area contributed by atoms with Crippen LogP contribution in [0.3, 0.4) is 0 Å². The number of ether oxygens (including phenoxy) is 1. The Morgan fingerprint density at radius 1 is 1.21 bits per heavy atom. The second-order valence-electron chi connectivity index (χ2n) is 6.84. The number of ketones is 1. The van der Waals surface area contributed by atoms with Gasteiger partial charge in [-0.1, -0.05) is 0 Å². The predicted octanol–water partition coefficient (Wildman–Crippen LogP) is 4.73. The fourth-order valence-corrected chi connectivity index (χ4v) is 2.61. The van der Waals surface area contributed by atoms with E-state index in [0.29, 0.717) is 6.42 Å². The number of nitrogens with zero attached hydrogens (tertiary/aromatic N) is 1. The lowest BCUT2D eigenvalue weighted by molar-refractivity contribution is -0.138. The van der Waals surface area contributed by atoms with Crippen LogP contribution in [0.5, 0.6) is 0 Å². The molecule has 4 nitrogen and oxygen atoms in total. The molecule has 7 heteroatoms. The molecule has 1 aliphatic rings. The molecule has 0 fully saturated rings. The number of hydrogen-bond donors (Lipinski definition) is 0. The van der Waals surface area contributed by atoms with E-state index in [-0.39, 0.29) is 35.6 Å². The van der Waals surface area contributed by atoms with Crippen molar-refractivity contribution in [3.8, 4) is 0 Å². The monoisotopic (exact) mass is 343 g/mol. The fraction of sp³-hybridized carbons (Fsp3) is 0.529. The van der Waals surface area contributed by atoms with E-state index in [0.717, 1.165) is 11.0 Å². The summed E-state index contributed by atoms with van der Waals surface area (Å²) < 4.78 is 44.9. The van der Waals surface area contributed by atoms with Gasteiger partial charge in [-0.05, 0) is 51.8 Å². The van der Waals surface area contributed by atoms with Gasteiger partial charge in [0.15, 0.2) is 5.78 Å². The zero-order chi connectivity index (χ0) is 18.3. The first-order valence-corrected chi connectivity index (χ1v) is 7.66. The molecule has 132 valence electrons. The minimum Gasteiger partial charge on any atom is -0.443 e. The normalized spacial score (nSPS) is 15.8. The van der Waals surface area contributed by atoms with Crippen LogP contribution in [0.2, 0.25) is 0 Å². The van der Waals surface area contributed by atoms with Crippen molar-refractivity contribution < 1.29 is 27.5 Å². The summed E-state index contributed by atoms with van der Waals surface area (Å²) in [6.45, 7) is 6.45. The number of benzene rings is 1. The molecule has 0 bridgehead atoms. The number of anilines is 1. The highest BCUT2D eigenvalue weighted by Gasteiger charge is 2.36. The van der Waals surface area contributed by atoms with Crippen molar-refractivity contribution >= 4 is 17.6 Å². The van der Waals surface area contributed by atoms with Gasteiger partial charge in [-0.3, -0.25) is 9.69 Å². The number of fused-ring (bicyclic) bond motifs is 1. The lowest BCUT2D eigenvalue weighted by Gasteiger charge is -2.28. The van der Waals surface area contributed by atoms with Crippen LogP contribution in [0.15, 0.2) is 12.1 Å². The highest BCUT2D eigenvalue weighted by Crippen LogP contribution is 2.38. The molecule has 0 N–H and O–H groups in total. The van der Waals surface area contributed by atoms with E-state index in [2.05, 4.69) is 0 Å². The summed E-state index contributed by atoms with van der Waals surface area (Å²) in [4.78, 5) is 25.7. The second-order valence-corrected chi connectivity index (χ2v) is 6.84. The summed E-state index contributed by atoms with van der Waals surface area (Å²) >= 11 is 0. The van der Waals surface area contributed by atoms with Crippen LogP contribution in [-0.4, -0.2) is 24.0 Å². The van der Waals surface area contributed by atoms with E-state index in [1.54, 1.807) is 20.8 Å². The molecule has 0 saturated carbocycles. The van der Waals surface area contributed by atoms with Gasteiger partial charge in [-0.15, -0.1) is 0 Å². The van der Waals surface area contributed by atoms with Gasteiger partial charge < -0.3 is 4.74 Å². The fourth-order valence-electron chi connectivity index (χ4n) is 2.61. The van der Waals surface area contributed by atoms with Gasteiger partial charge in [0.05, 0.1) is 11.3 Å². The highest BCUT2D eigenvalue weighted by molar-refractivity contribution is 6.06. The summed E-state index contributed by atoms with van der Waals surface area (Å²) in [5, 5.41) is 0. The Morgan fingerprint density at radius 2 is 1.83 bits per heavy atom. The number of rotatable bonds is 0. The smallest absolute Gasteiger partial charge is 0.416 e. The number of Topliss-reactive ketones (excluding diaryl/α,β-unsaturated/α-hetero) is 1. The third-order valence-electron chi connectivity index (χ3n) is 3.64. The molecular weight excluding hydrogens is 323 g/mol. The minimum atomic E-state index is -4.56. The maximum absolute atomic E-state index is 13.2. The second kappa shape index (κ2) is 6.11. The third-order valence-corrected chi connectivity index (χ3v) is 3.64. The number of carbonyl (C=O) groups is 2.